The number of aromatic nitrogens is 2. The second-order valence-electron chi connectivity index (χ2n) is 3.95. The summed E-state index contributed by atoms with van der Waals surface area (Å²) in [6.45, 7) is 1.64. The van der Waals surface area contributed by atoms with Crippen molar-refractivity contribution in [3.8, 4) is 12.1 Å². The van der Waals surface area contributed by atoms with Crippen LogP contribution in [0.1, 0.15) is 26.5 Å². The normalized spacial score (nSPS) is 9.86. The van der Waals surface area contributed by atoms with Crippen molar-refractivity contribution in [2.45, 2.75) is 11.9 Å². The number of ketones is 1. The van der Waals surface area contributed by atoms with Gasteiger partial charge in [0.1, 0.15) is 23.0 Å². The van der Waals surface area contributed by atoms with E-state index in [9.17, 15) is 10.1 Å². The summed E-state index contributed by atoms with van der Waals surface area (Å²) in [5.41, 5.74) is 6.66. The fourth-order valence-corrected chi connectivity index (χ4v) is 3.21. The average Bonchev–Trinajstić information content (AvgIpc) is 2.99. The van der Waals surface area contributed by atoms with E-state index in [0.717, 1.165) is 11.8 Å². The maximum absolute atomic E-state index is 11.9. The molecule has 0 aromatic carbocycles. The number of Topliss-reactive ketones (excluding diaryl/α,β-unsaturated/α-hetero) is 1. The van der Waals surface area contributed by atoms with Crippen molar-refractivity contribution >= 4 is 34.7 Å². The molecular weight excluding hydrogens is 306 g/mol. The highest BCUT2D eigenvalue weighted by Crippen LogP contribution is 2.28. The first-order valence-electron chi connectivity index (χ1n) is 5.74. The zero-order valence-electron chi connectivity index (χ0n) is 11.0. The minimum absolute atomic E-state index is 0.0678. The van der Waals surface area contributed by atoms with E-state index < -0.39 is 0 Å². The molecule has 8 heteroatoms. The first-order valence-corrected chi connectivity index (χ1v) is 7.60. The molecule has 0 radical (unpaired) electrons. The third-order valence-corrected chi connectivity index (χ3v) is 4.47. The van der Waals surface area contributed by atoms with Crippen LogP contribution < -0.4 is 5.73 Å². The van der Waals surface area contributed by atoms with Gasteiger partial charge in [-0.1, -0.05) is 11.8 Å². The number of nitriles is 2. The summed E-state index contributed by atoms with van der Waals surface area (Å²) >= 11 is 2.38. The number of nitrogens with zero attached hydrogens (tertiary/aromatic N) is 4. The molecule has 104 valence electrons. The minimum Gasteiger partial charge on any atom is -0.383 e. The summed E-state index contributed by atoms with van der Waals surface area (Å²) in [4.78, 5) is 19.9. The number of thioether (sulfide) groups is 1. The fourth-order valence-electron chi connectivity index (χ4n) is 1.63. The zero-order chi connectivity index (χ0) is 15.4. The van der Waals surface area contributed by atoms with Crippen LogP contribution in [0, 0.1) is 29.6 Å². The highest BCUT2D eigenvalue weighted by atomic mass is 32.2. The lowest BCUT2D eigenvalue weighted by molar-refractivity contribution is 0.102. The largest absolute Gasteiger partial charge is 0.383 e. The molecule has 0 aliphatic carbocycles. The molecule has 0 bridgehead atoms. The van der Waals surface area contributed by atoms with Crippen LogP contribution in [0.4, 0.5) is 5.82 Å². The number of nitrogens with two attached hydrogens (primary N) is 1. The van der Waals surface area contributed by atoms with Gasteiger partial charge in [-0.2, -0.15) is 10.5 Å². The number of carbonyl (C=O) groups is 1. The highest BCUT2D eigenvalue weighted by molar-refractivity contribution is 8.00. The van der Waals surface area contributed by atoms with Crippen molar-refractivity contribution in [1.29, 1.82) is 10.5 Å². The van der Waals surface area contributed by atoms with Gasteiger partial charge in [0.2, 0.25) is 5.78 Å². The number of pyridine rings is 1. The maximum Gasteiger partial charge on any atom is 0.201 e. The van der Waals surface area contributed by atoms with Crippen LogP contribution in [-0.2, 0) is 0 Å². The van der Waals surface area contributed by atoms with Gasteiger partial charge >= 0.3 is 0 Å². The number of nitrogen functional groups attached to an aromatic ring is 1. The second-order valence-corrected chi connectivity index (χ2v) is 5.81. The van der Waals surface area contributed by atoms with Crippen LogP contribution in [0.2, 0.25) is 0 Å². The van der Waals surface area contributed by atoms with Crippen LogP contribution in [0.3, 0.4) is 0 Å². The quantitative estimate of drug-likeness (QED) is 0.678. The number of thiazole rings is 1. The number of hydrogen-bond donors (Lipinski definition) is 1. The van der Waals surface area contributed by atoms with Crippen LogP contribution in [0.5, 0.6) is 0 Å². The van der Waals surface area contributed by atoms with Gasteiger partial charge in [0.15, 0.2) is 5.01 Å². The van der Waals surface area contributed by atoms with Crippen molar-refractivity contribution in [1.82, 2.24) is 9.97 Å². The van der Waals surface area contributed by atoms with E-state index in [4.69, 9.17) is 11.0 Å². The van der Waals surface area contributed by atoms with Gasteiger partial charge in [0.05, 0.1) is 16.9 Å². The minimum atomic E-state index is -0.138. The lowest BCUT2D eigenvalue weighted by atomic mass is 10.1. The molecule has 0 atom stereocenters. The van der Waals surface area contributed by atoms with Crippen LogP contribution >= 0.6 is 23.1 Å². The summed E-state index contributed by atoms with van der Waals surface area (Å²) in [6, 6.07) is 3.94. The maximum atomic E-state index is 11.9. The Morgan fingerprint density at radius 1 is 1.43 bits per heavy atom. The Hall–Kier alpha value is -2.42. The van der Waals surface area contributed by atoms with E-state index in [0.29, 0.717) is 15.6 Å². The second kappa shape index (κ2) is 6.35. The van der Waals surface area contributed by atoms with Gasteiger partial charge in [0, 0.05) is 11.6 Å². The molecule has 2 rings (SSSR count). The molecule has 2 heterocycles. The standard InChI is InChI=1S/C13H9N5OS2/c1-7-8(4-14)11(16)18-12(9(7)5-15)21-6-10(19)13-17-2-3-20-13/h2-3H,6H2,1H3,(H2,16,18). The molecule has 21 heavy (non-hydrogen) atoms. The van der Waals surface area contributed by atoms with Crippen molar-refractivity contribution in [2.24, 2.45) is 0 Å². The molecule has 2 aromatic heterocycles. The predicted octanol–water partition coefficient (Wildman–Crippen LogP) is 2.15. The molecule has 6 nitrogen and oxygen atoms in total. The SMILES string of the molecule is Cc1c(C#N)c(N)nc(SCC(=O)c2nccs2)c1C#N. The van der Waals surface area contributed by atoms with Gasteiger partial charge in [-0.25, -0.2) is 9.97 Å². The monoisotopic (exact) mass is 315 g/mol. The lowest BCUT2D eigenvalue weighted by Gasteiger charge is -2.08. The summed E-state index contributed by atoms with van der Waals surface area (Å²) in [5.74, 6) is 0.0412. The van der Waals surface area contributed by atoms with Crippen molar-refractivity contribution in [3.63, 3.8) is 0 Å². The molecule has 2 N–H and O–H groups in total. The Morgan fingerprint density at radius 2 is 2.14 bits per heavy atom. The molecule has 0 saturated carbocycles. The van der Waals surface area contributed by atoms with E-state index in [1.54, 1.807) is 18.5 Å². The highest BCUT2D eigenvalue weighted by Gasteiger charge is 2.17. The molecule has 0 amide bonds. The first kappa shape index (κ1) is 15.0. The van der Waals surface area contributed by atoms with Crippen LogP contribution in [0.25, 0.3) is 0 Å². The lowest BCUT2D eigenvalue weighted by Crippen LogP contribution is -2.06. The Morgan fingerprint density at radius 3 is 2.71 bits per heavy atom. The molecule has 0 fully saturated rings. The Bertz CT molecular complexity index is 771. The molecule has 2 aromatic rings. The molecule has 0 aliphatic heterocycles. The average molecular weight is 315 g/mol. The number of hydrogen-bond acceptors (Lipinski definition) is 8. The van der Waals surface area contributed by atoms with Crippen molar-refractivity contribution < 1.29 is 4.79 Å². The predicted molar refractivity (Wildman–Crippen MR) is 80.0 cm³/mol. The third-order valence-electron chi connectivity index (χ3n) is 2.68. The van der Waals surface area contributed by atoms with E-state index in [1.165, 1.54) is 11.3 Å². The topological polar surface area (TPSA) is 116 Å². The number of anilines is 1. The molecule has 0 aliphatic rings. The molecule has 0 unspecified atom stereocenters. The summed E-state index contributed by atoms with van der Waals surface area (Å²) in [6.07, 6.45) is 1.56. The van der Waals surface area contributed by atoms with Gasteiger partial charge < -0.3 is 5.73 Å². The molecular formula is C13H9N5OS2. The molecule has 0 saturated heterocycles. The van der Waals surface area contributed by atoms with Crippen molar-refractivity contribution in [2.75, 3.05) is 11.5 Å². The number of rotatable bonds is 4. The van der Waals surface area contributed by atoms with Gasteiger partial charge in [-0.3, -0.25) is 4.79 Å². The van der Waals surface area contributed by atoms with Gasteiger partial charge in [0.25, 0.3) is 0 Å². The van der Waals surface area contributed by atoms with Crippen LogP contribution in [-0.4, -0.2) is 21.5 Å². The van der Waals surface area contributed by atoms with Crippen LogP contribution in [0.15, 0.2) is 16.6 Å². The number of carbonyl (C=O) groups excluding carboxylic acids is 1. The summed E-state index contributed by atoms with van der Waals surface area (Å²) < 4.78 is 0. The van der Waals surface area contributed by atoms with Gasteiger partial charge in [-0.05, 0) is 12.5 Å². The van der Waals surface area contributed by atoms with E-state index in [-0.39, 0.29) is 28.5 Å². The van der Waals surface area contributed by atoms with E-state index in [1.807, 2.05) is 12.1 Å². The zero-order valence-corrected chi connectivity index (χ0v) is 12.6. The Balaban J connectivity index is 2.27. The van der Waals surface area contributed by atoms with Gasteiger partial charge in [-0.15, -0.1) is 11.3 Å². The summed E-state index contributed by atoms with van der Waals surface area (Å²) in [5, 5.41) is 20.7. The van der Waals surface area contributed by atoms with Crippen molar-refractivity contribution in [3.05, 3.63) is 33.3 Å². The Kier molecular flexibility index (Phi) is 4.53. The molecule has 0 spiro atoms. The summed E-state index contributed by atoms with van der Waals surface area (Å²) in [7, 11) is 0. The fraction of sp³-hybridized carbons (Fsp3) is 0.154. The Labute approximate surface area is 129 Å². The third kappa shape index (κ3) is 3.02. The first-order chi connectivity index (χ1) is 10.1. The smallest absolute Gasteiger partial charge is 0.201 e. The van der Waals surface area contributed by atoms with E-state index in [2.05, 4.69) is 9.97 Å². The van der Waals surface area contributed by atoms with E-state index >= 15 is 0 Å².